The fourth-order valence-electron chi connectivity index (χ4n) is 1.95. The van der Waals surface area contributed by atoms with Crippen molar-refractivity contribution in [3.05, 3.63) is 28.0 Å². The fraction of sp³-hybridized carbons (Fsp3) is 0.500. The molecule has 1 saturated heterocycles. The largest absolute Gasteiger partial charge is 0.490 e. The number of halogens is 2. The lowest BCUT2D eigenvalue weighted by molar-refractivity contribution is 0.188. The average molecular weight is 336 g/mol. The van der Waals surface area contributed by atoms with E-state index in [4.69, 9.17) is 9.52 Å². The molecule has 3 nitrogen and oxygen atoms in total. The molecule has 0 aliphatic carbocycles. The highest BCUT2D eigenvalue weighted by atomic mass is 79.9. The molecular weight excluding hydrogens is 321 g/mol. The van der Waals surface area contributed by atoms with Crippen LogP contribution in [0.25, 0.3) is 0 Å². The molecule has 1 aromatic carbocycles. The summed E-state index contributed by atoms with van der Waals surface area (Å²) in [7, 11) is -2.39. The summed E-state index contributed by atoms with van der Waals surface area (Å²) in [6, 6.07) is 3.35. The quantitative estimate of drug-likeness (QED) is 0.899. The summed E-state index contributed by atoms with van der Waals surface area (Å²) in [6.45, 7) is 1.67. The van der Waals surface area contributed by atoms with Crippen LogP contribution >= 0.6 is 15.9 Å². The minimum absolute atomic E-state index is 0.0656. The number of benzene rings is 1. The molecule has 0 amide bonds. The monoisotopic (exact) mass is 335 g/mol. The topological polar surface area (TPSA) is 50.1 Å². The van der Waals surface area contributed by atoms with Crippen LogP contribution in [0.1, 0.15) is 18.4 Å². The zero-order chi connectivity index (χ0) is 13.3. The van der Waals surface area contributed by atoms with E-state index in [0.717, 1.165) is 0 Å². The molecule has 0 spiro atoms. The van der Waals surface area contributed by atoms with Gasteiger partial charge in [0.05, 0.1) is 4.47 Å². The van der Waals surface area contributed by atoms with Gasteiger partial charge in [0, 0.05) is 26.8 Å². The molecule has 2 rings (SSSR count). The van der Waals surface area contributed by atoms with E-state index in [1.54, 1.807) is 19.1 Å². The van der Waals surface area contributed by atoms with Gasteiger partial charge in [-0.25, -0.2) is 8.60 Å². The SMILES string of the molecule is Cc1c(OC2CCS(=N)(=O)CC2)ccc(Br)c1F. The molecule has 1 aliphatic heterocycles. The minimum atomic E-state index is -2.39. The first kappa shape index (κ1) is 13.8. The molecule has 0 saturated carbocycles. The van der Waals surface area contributed by atoms with Gasteiger partial charge in [0.15, 0.2) is 0 Å². The minimum Gasteiger partial charge on any atom is -0.490 e. The van der Waals surface area contributed by atoms with Gasteiger partial charge < -0.3 is 4.74 Å². The van der Waals surface area contributed by atoms with Gasteiger partial charge in [0.25, 0.3) is 0 Å². The highest BCUT2D eigenvalue weighted by Gasteiger charge is 2.23. The van der Waals surface area contributed by atoms with E-state index < -0.39 is 9.73 Å². The van der Waals surface area contributed by atoms with Gasteiger partial charge >= 0.3 is 0 Å². The molecule has 1 heterocycles. The predicted octanol–water partition coefficient (Wildman–Crippen LogP) is 3.48. The number of nitrogens with one attached hydrogen (secondary N) is 1. The highest BCUT2D eigenvalue weighted by Crippen LogP contribution is 2.29. The Balaban J connectivity index is 2.09. The van der Waals surface area contributed by atoms with Crippen molar-refractivity contribution >= 4 is 25.7 Å². The summed E-state index contributed by atoms with van der Waals surface area (Å²) < 4.78 is 38.9. The Morgan fingerprint density at radius 2 is 2.06 bits per heavy atom. The van der Waals surface area contributed by atoms with Gasteiger partial charge in [0.2, 0.25) is 0 Å². The molecule has 1 aliphatic rings. The van der Waals surface area contributed by atoms with Crippen molar-refractivity contribution in [3.63, 3.8) is 0 Å². The van der Waals surface area contributed by atoms with Crippen LogP contribution in [0.3, 0.4) is 0 Å². The number of hydrogen-bond donors (Lipinski definition) is 1. The number of hydrogen-bond acceptors (Lipinski definition) is 3. The van der Waals surface area contributed by atoms with Crippen molar-refractivity contribution in [2.75, 3.05) is 11.5 Å². The van der Waals surface area contributed by atoms with Gasteiger partial charge in [-0.1, -0.05) is 0 Å². The third kappa shape index (κ3) is 3.03. The van der Waals surface area contributed by atoms with Crippen molar-refractivity contribution in [2.45, 2.75) is 25.9 Å². The van der Waals surface area contributed by atoms with Crippen LogP contribution in [0.5, 0.6) is 5.75 Å². The van der Waals surface area contributed by atoms with Crippen molar-refractivity contribution < 1.29 is 13.3 Å². The van der Waals surface area contributed by atoms with Gasteiger partial charge in [-0.15, -0.1) is 0 Å². The van der Waals surface area contributed by atoms with Crippen molar-refractivity contribution in [2.24, 2.45) is 0 Å². The zero-order valence-corrected chi connectivity index (χ0v) is 12.4. The summed E-state index contributed by atoms with van der Waals surface area (Å²) in [5.74, 6) is 0.956. The predicted molar refractivity (Wildman–Crippen MR) is 73.1 cm³/mol. The number of rotatable bonds is 2. The molecule has 0 radical (unpaired) electrons. The molecule has 1 N–H and O–H groups in total. The second-order valence-electron chi connectivity index (χ2n) is 4.52. The summed E-state index contributed by atoms with van der Waals surface area (Å²) in [5, 5.41) is 0. The molecule has 1 aromatic rings. The second kappa shape index (κ2) is 5.17. The molecule has 1 fully saturated rings. The van der Waals surface area contributed by atoms with E-state index in [-0.39, 0.29) is 11.9 Å². The van der Waals surface area contributed by atoms with Crippen molar-refractivity contribution in [1.82, 2.24) is 0 Å². The van der Waals surface area contributed by atoms with Crippen LogP contribution < -0.4 is 4.74 Å². The van der Waals surface area contributed by atoms with Gasteiger partial charge in [-0.3, -0.25) is 4.78 Å². The summed E-state index contributed by atoms with van der Waals surface area (Å²) >= 11 is 3.13. The normalized spacial score (nSPS) is 28.1. The van der Waals surface area contributed by atoms with E-state index in [1.807, 2.05) is 0 Å². The smallest absolute Gasteiger partial charge is 0.143 e. The van der Waals surface area contributed by atoms with Gasteiger partial charge in [0.1, 0.15) is 17.7 Å². The van der Waals surface area contributed by atoms with E-state index in [9.17, 15) is 8.60 Å². The van der Waals surface area contributed by atoms with E-state index in [2.05, 4.69) is 15.9 Å². The van der Waals surface area contributed by atoms with Gasteiger partial charge in [-0.05, 0) is 47.8 Å². The van der Waals surface area contributed by atoms with Crippen molar-refractivity contribution in [1.29, 1.82) is 4.78 Å². The lowest BCUT2D eigenvalue weighted by atomic mass is 10.2. The first-order valence-electron chi connectivity index (χ1n) is 5.74. The third-order valence-electron chi connectivity index (χ3n) is 3.12. The summed E-state index contributed by atoms with van der Waals surface area (Å²) in [4.78, 5) is 0. The Labute approximate surface area is 115 Å². The second-order valence-corrected chi connectivity index (χ2v) is 7.82. The van der Waals surface area contributed by atoms with E-state index >= 15 is 0 Å². The molecule has 6 heteroatoms. The summed E-state index contributed by atoms with van der Waals surface area (Å²) in [5.41, 5.74) is 0.474. The highest BCUT2D eigenvalue weighted by molar-refractivity contribution is 9.10. The lowest BCUT2D eigenvalue weighted by Crippen LogP contribution is -2.30. The maximum Gasteiger partial charge on any atom is 0.143 e. The first-order chi connectivity index (χ1) is 8.39. The van der Waals surface area contributed by atoms with E-state index in [1.165, 1.54) is 0 Å². The average Bonchev–Trinajstić information content (AvgIpc) is 2.32. The first-order valence-corrected chi connectivity index (χ1v) is 8.43. The molecule has 0 atom stereocenters. The molecule has 0 bridgehead atoms. The Bertz CT molecular complexity index is 545. The van der Waals surface area contributed by atoms with Crippen LogP contribution in [0, 0.1) is 17.5 Å². The van der Waals surface area contributed by atoms with Crippen LogP contribution in [-0.4, -0.2) is 21.8 Å². The van der Waals surface area contributed by atoms with Crippen LogP contribution in [0.2, 0.25) is 0 Å². The van der Waals surface area contributed by atoms with Crippen molar-refractivity contribution in [3.8, 4) is 5.75 Å². The maximum absolute atomic E-state index is 13.7. The third-order valence-corrected chi connectivity index (χ3v) is 5.53. The Hall–Kier alpha value is -0.620. The van der Waals surface area contributed by atoms with Crippen LogP contribution in [-0.2, 0) is 9.73 Å². The van der Waals surface area contributed by atoms with E-state index in [0.29, 0.717) is 40.1 Å². The molecule has 100 valence electrons. The molecule has 18 heavy (non-hydrogen) atoms. The zero-order valence-electron chi connectivity index (χ0n) is 10.0. The van der Waals surface area contributed by atoms with Crippen LogP contribution in [0.4, 0.5) is 4.39 Å². The standard InChI is InChI=1S/C12H15BrFNO2S/c1-8-11(3-2-10(13)12(8)14)17-9-4-6-18(15,16)7-5-9/h2-3,9,15H,4-7H2,1H3. The Kier molecular flexibility index (Phi) is 3.96. The molecule has 0 unspecified atom stereocenters. The Morgan fingerprint density at radius 1 is 1.44 bits per heavy atom. The van der Waals surface area contributed by atoms with Gasteiger partial charge in [-0.2, -0.15) is 0 Å². The number of ether oxygens (including phenoxy) is 1. The lowest BCUT2D eigenvalue weighted by Gasteiger charge is -2.25. The molecular formula is C12H15BrFNO2S. The fourth-order valence-corrected chi connectivity index (χ4v) is 3.87. The Morgan fingerprint density at radius 3 is 2.67 bits per heavy atom. The van der Waals surface area contributed by atoms with Crippen LogP contribution in [0.15, 0.2) is 16.6 Å². The molecule has 0 aromatic heterocycles. The maximum atomic E-state index is 13.7. The summed E-state index contributed by atoms with van der Waals surface area (Å²) in [6.07, 6.45) is 1.13.